The van der Waals surface area contributed by atoms with Gasteiger partial charge in [0, 0.05) is 18.6 Å². The molecular formula is C10H21N3O2. The maximum atomic E-state index is 11.7. The molecule has 0 atom stereocenters. The maximum absolute atomic E-state index is 11.7. The summed E-state index contributed by atoms with van der Waals surface area (Å²) < 4.78 is 0. The topological polar surface area (TPSA) is 61.4 Å². The van der Waals surface area contributed by atoms with E-state index >= 15 is 0 Å². The van der Waals surface area contributed by atoms with Gasteiger partial charge in [0.1, 0.15) is 0 Å². The molecule has 15 heavy (non-hydrogen) atoms. The Morgan fingerprint density at radius 2 is 1.67 bits per heavy atom. The highest BCUT2D eigenvalue weighted by Gasteiger charge is 2.23. The van der Waals surface area contributed by atoms with Crippen molar-refractivity contribution >= 4 is 12.1 Å². The average Bonchev–Trinajstić information content (AvgIpc) is 2.01. The number of rotatable bonds is 3. The van der Waals surface area contributed by atoms with Crippen molar-refractivity contribution in [2.75, 3.05) is 6.54 Å². The number of nitrogens with zero attached hydrogens (tertiary/aromatic N) is 1. The second kappa shape index (κ2) is 6.27. The summed E-state index contributed by atoms with van der Waals surface area (Å²) in [5, 5.41) is 5.30. The number of hydrogen-bond donors (Lipinski definition) is 2. The van der Waals surface area contributed by atoms with Gasteiger partial charge >= 0.3 is 12.1 Å². The Morgan fingerprint density at radius 3 is 2.00 bits per heavy atom. The zero-order valence-corrected chi connectivity index (χ0v) is 10.1. The van der Waals surface area contributed by atoms with Gasteiger partial charge < -0.3 is 10.6 Å². The lowest BCUT2D eigenvalue weighted by atomic mass is 10.3. The van der Waals surface area contributed by atoms with Crippen LogP contribution in [-0.2, 0) is 0 Å². The molecule has 0 unspecified atom stereocenters. The number of hydrogen-bond acceptors (Lipinski definition) is 2. The van der Waals surface area contributed by atoms with Gasteiger partial charge in [-0.25, -0.2) is 14.5 Å². The Bertz CT molecular complexity index is 227. The van der Waals surface area contributed by atoms with Crippen LogP contribution in [0.5, 0.6) is 0 Å². The number of imide groups is 1. The summed E-state index contributed by atoms with van der Waals surface area (Å²) in [6, 6.07) is -0.847. The first-order valence-corrected chi connectivity index (χ1v) is 5.27. The maximum Gasteiger partial charge on any atom is 0.325 e. The van der Waals surface area contributed by atoms with Gasteiger partial charge in [-0.05, 0) is 34.6 Å². The molecule has 0 spiro atoms. The summed E-state index contributed by atoms with van der Waals surface area (Å²) in [6.45, 7) is 9.64. The quantitative estimate of drug-likeness (QED) is 0.750. The van der Waals surface area contributed by atoms with Crippen LogP contribution in [0.4, 0.5) is 9.59 Å². The molecule has 0 bridgehead atoms. The van der Waals surface area contributed by atoms with E-state index in [1.807, 2.05) is 20.8 Å². The van der Waals surface area contributed by atoms with Gasteiger partial charge in [0.05, 0.1) is 0 Å². The van der Waals surface area contributed by atoms with Crippen LogP contribution in [0.1, 0.15) is 34.6 Å². The summed E-state index contributed by atoms with van der Waals surface area (Å²) in [6.07, 6.45) is 0. The minimum Gasteiger partial charge on any atom is -0.338 e. The largest absolute Gasteiger partial charge is 0.338 e. The van der Waals surface area contributed by atoms with Crippen molar-refractivity contribution in [1.29, 1.82) is 0 Å². The van der Waals surface area contributed by atoms with E-state index < -0.39 is 0 Å². The molecule has 0 aliphatic carbocycles. The van der Waals surface area contributed by atoms with Gasteiger partial charge in [-0.15, -0.1) is 0 Å². The van der Waals surface area contributed by atoms with Crippen LogP contribution in [0, 0.1) is 0 Å². The summed E-state index contributed by atoms with van der Waals surface area (Å²) in [7, 11) is 0. The number of nitrogens with one attached hydrogen (secondary N) is 2. The van der Waals surface area contributed by atoms with E-state index in [0.717, 1.165) is 0 Å². The number of carbonyl (C=O) groups excluding carboxylic acids is 2. The Kier molecular flexibility index (Phi) is 5.74. The fourth-order valence-corrected chi connectivity index (χ4v) is 1.11. The highest BCUT2D eigenvalue weighted by molar-refractivity contribution is 5.93. The SMILES string of the molecule is CCNC(=O)N(C(=O)NC(C)C)C(C)C. The zero-order chi connectivity index (χ0) is 12.0. The van der Waals surface area contributed by atoms with Gasteiger partial charge in [0.15, 0.2) is 0 Å². The molecule has 0 saturated heterocycles. The van der Waals surface area contributed by atoms with Crippen LogP contribution in [0.3, 0.4) is 0 Å². The van der Waals surface area contributed by atoms with Gasteiger partial charge in [-0.2, -0.15) is 0 Å². The van der Waals surface area contributed by atoms with Gasteiger partial charge in [0.25, 0.3) is 0 Å². The van der Waals surface area contributed by atoms with Crippen molar-refractivity contribution in [3.8, 4) is 0 Å². The third-order valence-electron chi connectivity index (χ3n) is 1.69. The van der Waals surface area contributed by atoms with Gasteiger partial charge in [0.2, 0.25) is 0 Å². The summed E-state index contributed by atoms with van der Waals surface area (Å²) >= 11 is 0. The molecule has 0 aliphatic rings. The predicted octanol–water partition coefficient (Wildman–Crippen LogP) is 1.54. The third-order valence-corrected chi connectivity index (χ3v) is 1.69. The van der Waals surface area contributed by atoms with E-state index in [-0.39, 0.29) is 24.1 Å². The first kappa shape index (κ1) is 13.7. The van der Waals surface area contributed by atoms with E-state index in [4.69, 9.17) is 0 Å². The summed E-state index contributed by atoms with van der Waals surface area (Å²) in [5.74, 6) is 0. The van der Waals surface area contributed by atoms with Crippen molar-refractivity contribution in [1.82, 2.24) is 15.5 Å². The molecule has 0 aliphatic heterocycles. The number of carbonyl (C=O) groups is 2. The monoisotopic (exact) mass is 215 g/mol. The molecule has 5 nitrogen and oxygen atoms in total. The normalized spacial score (nSPS) is 10.3. The smallest absolute Gasteiger partial charge is 0.325 e. The first-order chi connectivity index (χ1) is 6.90. The van der Waals surface area contributed by atoms with E-state index in [1.165, 1.54) is 4.90 Å². The molecule has 5 heteroatoms. The second-order valence-corrected chi connectivity index (χ2v) is 3.90. The lowest BCUT2D eigenvalue weighted by Gasteiger charge is -2.25. The van der Waals surface area contributed by atoms with Crippen molar-refractivity contribution in [2.45, 2.75) is 46.7 Å². The summed E-state index contributed by atoms with van der Waals surface area (Å²) in [5.41, 5.74) is 0. The minimum absolute atomic E-state index is 0.0215. The van der Waals surface area contributed by atoms with Crippen LogP contribution in [0.2, 0.25) is 0 Å². The van der Waals surface area contributed by atoms with E-state index in [0.29, 0.717) is 6.54 Å². The predicted molar refractivity (Wildman–Crippen MR) is 59.7 cm³/mol. The second-order valence-electron chi connectivity index (χ2n) is 3.90. The van der Waals surface area contributed by atoms with E-state index in [1.54, 1.807) is 13.8 Å². The van der Waals surface area contributed by atoms with Crippen LogP contribution in [0.15, 0.2) is 0 Å². The molecule has 0 fully saturated rings. The van der Waals surface area contributed by atoms with Gasteiger partial charge in [-0.3, -0.25) is 0 Å². The van der Waals surface area contributed by atoms with Crippen molar-refractivity contribution in [3.63, 3.8) is 0 Å². The molecular weight excluding hydrogens is 194 g/mol. The standard InChI is InChI=1S/C10H21N3O2/c1-6-11-9(14)13(8(4)5)10(15)12-7(2)3/h7-8H,6H2,1-5H3,(H,11,14)(H,12,15). The molecule has 0 saturated carbocycles. The fraction of sp³-hybridized carbons (Fsp3) is 0.800. The highest BCUT2D eigenvalue weighted by atomic mass is 16.2. The molecule has 2 N–H and O–H groups in total. The summed E-state index contributed by atoms with van der Waals surface area (Å²) in [4.78, 5) is 24.4. The van der Waals surface area contributed by atoms with Crippen molar-refractivity contribution < 1.29 is 9.59 Å². The Morgan fingerprint density at radius 1 is 1.13 bits per heavy atom. The molecule has 88 valence electrons. The average molecular weight is 215 g/mol. The minimum atomic E-state index is -0.356. The van der Waals surface area contributed by atoms with E-state index in [2.05, 4.69) is 10.6 Å². The van der Waals surface area contributed by atoms with Gasteiger partial charge in [-0.1, -0.05) is 0 Å². The van der Waals surface area contributed by atoms with Crippen LogP contribution < -0.4 is 10.6 Å². The lowest BCUT2D eigenvalue weighted by Crippen LogP contribution is -2.52. The number of urea groups is 2. The molecule has 0 rings (SSSR count). The Labute approximate surface area is 91.2 Å². The Balaban J connectivity index is 4.52. The molecule has 0 radical (unpaired) electrons. The molecule has 4 amide bonds. The van der Waals surface area contributed by atoms with Crippen molar-refractivity contribution in [2.24, 2.45) is 0 Å². The molecule has 0 aromatic rings. The molecule has 0 aromatic heterocycles. The first-order valence-electron chi connectivity index (χ1n) is 5.27. The zero-order valence-electron chi connectivity index (χ0n) is 10.1. The van der Waals surface area contributed by atoms with Crippen molar-refractivity contribution in [3.05, 3.63) is 0 Å². The lowest BCUT2D eigenvalue weighted by molar-refractivity contribution is 0.174. The Hall–Kier alpha value is -1.26. The third kappa shape index (κ3) is 4.67. The van der Waals surface area contributed by atoms with Crippen LogP contribution >= 0.6 is 0 Å². The molecule has 0 heterocycles. The van der Waals surface area contributed by atoms with Crippen LogP contribution in [-0.4, -0.2) is 35.6 Å². The fourth-order valence-electron chi connectivity index (χ4n) is 1.11. The van der Waals surface area contributed by atoms with E-state index in [9.17, 15) is 9.59 Å². The number of amides is 4. The highest BCUT2D eigenvalue weighted by Crippen LogP contribution is 2.00. The molecule has 0 aromatic carbocycles. The van der Waals surface area contributed by atoms with Crippen LogP contribution in [0.25, 0.3) is 0 Å².